The smallest absolute Gasteiger partial charge is 0.247 e. The minimum absolute atomic E-state index is 0.626. The van der Waals surface area contributed by atoms with E-state index in [2.05, 4.69) is 49.6 Å². The van der Waals surface area contributed by atoms with E-state index in [1.54, 1.807) is 0 Å². The first kappa shape index (κ1) is 24.2. The van der Waals surface area contributed by atoms with Crippen molar-refractivity contribution in [3.8, 4) is 0 Å². The van der Waals surface area contributed by atoms with Crippen molar-refractivity contribution in [1.82, 2.24) is 4.98 Å². The molecule has 0 saturated heterocycles. The van der Waals surface area contributed by atoms with Gasteiger partial charge in [-0.25, -0.2) is 9.55 Å². The van der Waals surface area contributed by atoms with E-state index in [1.807, 2.05) is 0 Å². The number of H-pyrrole nitrogens is 1. The fourth-order valence-corrected chi connectivity index (χ4v) is 4.31. The molecule has 0 radical (unpaired) electrons. The van der Waals surface area contributed by atoms with Crippen molar-refractivity contribution in [2.24, 2.45) is 0 Å². The average Bonchev–Trinajstić information content (AvgIpc) is 3.16. The van der Waals surface area contributed by atoms with E-state index in [4.69, 9.17) is 0 Å². The molecule has 0 spiro atoms. The molecule has 1 rings (SSSR count). The zero-order valence-electron chi connectivity index (χ0n) is 19.1. The Hall–Kier alpha value is -0.790. The van der Waals surface area contributed by atoms with E-state index >= 15 is 0 Å². The van der Waals surface area contributed by atoms with Gasteiger partial charge < -0.3 is 0 Å². The summed E-state index contributed by atoms with van der Waals surface area (Å²) in [5.41, 5.74) is 0. The molecule has 0 aliphatic heterocycles. The Balaban J connectivity index is 2.58. The number of hydrogen-bond donors (Lipinski definition) is 1. The summed E-state index contributed by atoms with van der Waals surface area (Å²) in [5.74, 6) is 2.22. The Morgan fingerprint density at radius 2 is 1.19 bits per heavy atom. The minimum atomic E-state index is 0.626. The fourth-order valence-electron chi connectivity index (χ4n) is 4.31. The molecule has 1 aromatic rings. The maximum atomic E-state index is 3.64. The van der Waals surface area contributed by atoms with Gasteiger partial charge in [-0.2, -0.15) is 0 Å². The van der Waals surface area contributed by atoms with Gasteiger partial charge in [0, 0.05) is 0 Å². The number of aromatic nitrogens is 2. The number of imidazole rings is 1. The SMILES string of the molecule is CCCCCCCCC(CCCCC)c1[nH]cc[n+]1C(C)CCCCCC. The molecule has 1 N–H and O–H groups in total. The normalized spacial score (nSPS) is 13.8. The molecule has 0 saturated carbocycles. The second-order valence-corrected chi connectivity index (χ2v) is 8.70. The number of hydrogen-bond acceptors (Lipinski definition) is 0. The lowest BCUT2D eigenvalue weighted by Gasteiger charge is -2.17. The Labute approximate surface area is 170 Å². The van der Waals surface area contributed by atoms with Crippen LogP contribution in [0, 0.1) is 0 Å². The second kappa shape index (κ2) is 16.2. The van der Waals surface area contributed by atoms with Gasteiger partial charge in [0.15, 0.2) is 0 Å². The molecule has 158 valence electrons. The first-order chi connectivity index (χ1) is 13.2. The Morgan fingerprint density at radius 1 is 0.704 bits per heavy atom. The number of aromatic amines is 1. The van der Waals surface area contributed by atoms with E-state index in [0.29, 0.717) is 6.04 Å². The Morgan fingerprint density at radius 3 is 1.85 bits per heavy atom. The summed E-state index contributed by atoms with van der Waals surface area (Å²) in [7, 11) is 0. The van der Waals surface area contributed by atoms with Gasteiger partial charge in [0.25, 0.3) is 5.82 Å². The zero-order valence-corrected chi connectivity index (χ0v) is 19.1. The predicted octanol–water partition coefficient (Wildman–Crippen LogP) is 8.25. The molecule has 2 nitrogen and oxygen atoms in total. The molecule has 1 heterocycles. The summed E-state index contributed by atoms with van der Waals surface area (Å²) in [6.45, 7) is 9.33. The maximum Gasteiger partial charge on any atom is 0.257 e. The van der Waals surface area contributed by atoms with Crippen LogP contribution in [-0.4, -0.2) is 4.98 Å². The highest BCUT2D eigenvalue weighted by Crippen LogP contribution is 2.27. The first-order valence-corrected chi connectivity index (χ1v) is 12.3. The molecular formula is C25H49N2+. The number of nitrogens with zero attached hydrogens (tertiary/aromatic N) is 1. The summed E-state index contributed by atoms with van der Waals surface area (Å²) in [6.07, 6.45) is 26.4. The third-order valence-electron chi connectivity index (χ3n) is 6.14. The van der Waals surface area contributed by atoms with Crippen LogP contribution in [0.2, 0.25) is 0 Å². The summed E-state index contributed by atoms with van der Waals surface area (Å²) < 4.78 is 2.57. The van der Waals surface area contributed by atoms with Crippen molar-refractivity contribution >= 4 is 0 Å². The van der Waals surface area contributed by atoms with Crippen molar-refractivity contribution in [3.05, 3.63) is 18.2 Å². The van der Waals surface area contributed by atoms with Crippen LogP contribution in [-0.2, 0) is 0 Å². The molecular weight excluding hydrogens is 328 g/mol. The molecule has 0 aliphatic rings. The van der Waals surface area contributed by atoms with Gasteiger partial charge in [0.05, 0.1) is 12.0 Å². The zero-order chi connectivity index (χ0) is 19.7. The first-order valence-electron chi connectivity index (χ1n) is 12.3. The van der Waals surface area contributed by atoms with E-state index in [9.17, 15) is 0 Å². The van der Waals surface area contributed by atoms with Gasteiger partial charge in [-0.15, -0.1) is 0 Å². The summed E-state index contributed by atoms with van der Waals surface area (Å²) in [5, 5.41) is 0. The quantitative estimate of drug-likeness (QED) is 0.196. The van der Waals surface area contributed by atoms with Crippen LogP contribution < -0.4 is 4.57 Å². The highest BCUT2D eigenvalue weighted by atomic mass is 15.1. The van der Waals surface area contributed by atoms with Crippen LogP contribution in [0.5, 0.6) is 0 Å². The largest absolute Gasteiger partial charge is 0.257 e. The van der Waals surface area contributed by atoms with Gasteiger partial charge >= 0.3 is 0 Å². The lowest BCUT2D eigenvalue weighted by atomic mass is 9.93. The molecule has 2 unspecified atom stereocenters. The van der Waals surface area contributed by atoms with Crippen LogP contribution >= 0.6 is 0 Å². The topological polar surface area (TPSA) is 19.7 Å². The van der Waals surface area contributed by atoms with E-state index in [1.165, 1.54) is 109 Å². The minimum Gasteiger partial charge on any atom is -0.247 e. The molecule has 1 aromatic heterocycles. The molecule has 0 aliphatic carbocycles. The summed E-state index contributed by atoms with van der Waals surface area (Å²) in [4.78, 5) is 3.64. The van der Waals surface area contributed by atoms with Crippen LogP contribution in [0.25, 0.3) is 0 Å². The molecule has 0 aromatic carbocycles. The van der Waals surface area contributed by atoms with Gasteiger partial charge in [-0.05, 0) is 32.6 Å². The van der Waals surface area contributed by atoms with Gasteiger partial charge in [0.1, 0.15) is 12.4 Å². The fraction of sp³-hybridized carbons (Fsp3) is 0.880. The van der Waals surface area contributed by atoms with Crippen molar-refractivity contribution in [3.63, 3.8) is 0 Å². The van der Waals surface area contributed by atoms with E-state index in [-0.39, 0.29) is 0 Å². The van der Waals surface area contributed by atoms with Gasteiger partial charge in [-0.1, -0.05) is 97.8 Å². The Bertz CT molecular complexity index is 437. The van der Waals surface area contributed by atoms with Crippen LogP contribution in [0.3, 0.4) is 0 Å². The molecule has 27 heavy (non-hydrogen) atoms. The predicted molar refractivity (Wildman–Crippen MR) is 119 cm³/mol. The lowest BCUT2D eigenvalue weighted by Crippen LogP contribution is -2.41. The third kappa shape index (κ3) is 10.4. The molecule has 0 bridgehead atoms. The van der Waals surface area contributed by atoms with E-state index < -0.39 is 0 Å². The average molecular weight is 378 g/mol. The van der Waals surface area contributed by atoms with Crippen molar-refractivity contribution in [2.45, 2.75) is 142 Å². The molecule has 0 amide bonds. The second-order valence-electron chi connectivity index (χ2n) is 8.70. The standard InChI is InChI=1S/C25H48N2/c1-5-8-11-13-14-17-20-24(19-15-10-7-3)25-26-21-22-27(25)23(4)18-16-12-9-6-2/h21-24H,5-20H2,1-4H3/p+1. The Kier molecular flexibility index (Phi) is 14.5. The van der Waals surface area contributed by atoms with Crippen molar-refractivity contribution in [2.75, 3.05) is 0 Å². The number of unbranched alkanes of at least 4 members (excludes halogenated alkanes) is 10. The van der Waals surface area contributed by atoms with Crippen molar-refractivity contribution < 1.29 is 4.57 Å². The molecule has 2 heteroatoms. The van der Waals surface area contributed by atoms with Gasteiger partial charge in [-0.3, -0.25) is 0 Å². The van der Waals surface area contributed by atoms with E-state index in [0.717, 1.165) is 5.92 Å². The summed E-state index contributed by atoms with van der Waals surface area (Å²) >= 11 is 0. The lowest BCUT2D eigenvalue weighted by molar-refractivity contribution is -0.727. The highest BCUT2D eigenvalue weighted by Gasteiger charge is 2.25. The molecule has 2 atom stereocenters. The van der Waals surface area contributed by atoms with Crippen LogP contribution in [0.4, 0.5) is 0 Å². The number of nitrogens with one attached hydrogen (secondary N) is 1. The summed E-state index contributed by atoms with van der Waals surface area (Å²) in [6, 6.07) is 0.626. The van der Waals surface area contributed by atoms with Crippen molar-refractivity contribution in [1.29, 1.82) is 0 Å². The maximum absolute atomic E-state index is 3.64. The molecule has 0 fully saturated rings. The third-order valence-corrected chi connectivity index (χ3v) is 6.14. The van der Waals surface area contributed by atoms with Crippen LogP contribution in [0.15, 0.2) is 12.4 Å². The number of rotatable bonds is 18. The van der Waals surface area contributed by atoms with Crippen LogP contribution in [0.1, 0.15) is 148 Å². The monoisotopic (exact) mass is 377 g/mol. The van der Waals surface area contributed by atoms with Gasteiger partial charge in [0.2, 0.25) is 0 Å². The highest BCUT2D eigenvalue weighted by molar-refractivity contribution is 4.90.